The van der Waals surface area contributed by atoms with E-state index in [2.05, 4.69) is 46.4 Å². The van der Waals surface area contributed by atoms with E-state index in [-0.39, 0.29) is 6.04 Å². The number of ether oxygens (including phenoxy) is 1. The molecule has 1 atom stereocenters. The normalized spacial score (nSPS) is 12.0. The highest BCUT2D eigenvalue weighted by Gasteiger charge is 2.16. The van der Waals surface area contributed by atoms with Gasteiger partial charge in [0.15, 0.2) is 0 Å². The SMILES string of the molecule is CCc1ncnc(NC(C)COc2nn(C)c(-c3ccccc3)c2C)c1C. The minimum Gasteiger partial charge on any atom is -0.474 e. The Labute approximate surface area is 160 Å². The third-order valence-electron chi connectivity index (χ3n) is 4.66. The Morgan fingerprint density at radius 2 is 1.85 bits per heavy atom. The first-order chi connectivity index (χ1) is 13.0. The predicted molar refractivity (Wildman–Crippen MR) is 108 cm³/mol. The van der Waals surface area contributed by atoms with Crippen molar-refractivity contribution in [3.63, 3.8) is 0 Å². The van der Waals surface area contributed by atoms with Crippen molar-refractivity contribution in [2.75, 3.05) is 11.9 Å². The van der Waals surface area contributed by atoms with Gasteiger partial charge in [-0.05, 0) is 27.2 Å². The van der Waals surface area contributed by atoms with Gasteiger partial charge in [0.05, 0.1) is 11.7 Å². The molecule has 0 fully saturated rings. The Kier molecular flexibility index (Phi) is 5.74. The molecule has 0 aliphatic rings. The number of rotatable bonds is 7. The molecule has 2 heterocycles. The van der Waals surface area contributed by atoms with Gasteiger partial charge in [-0.1, -0.05) is 37.3 Å². The van der Waals surface area contributed by atoms with Gasteiger partial charge < -0.3 is 10.1 Å². The summed E-state index contributed by atoms with van der Waals surface area (Å²) in [6.07, 6.45) is 2.50. The summed E-state index contributed by atoms with van der Waals surface area (Å²) in [5, 5.41) is 7.97. The average Bonchev–Trinajstić information content (AvgIpc) is 2.96. The lowest BCUT2D eigenvalue weighted by atomic mass is 10.1. The number of nitrogens with one attached hydrogen (secondary N) is 1. The minimum absolute atomic E-state index is 0.0879. The lowest BCUT2D eigenvalue weighted by Crippen LogP contribution is -2.25. The maximum atomic E-state index is 6.01. The lowest BCUT2D eigenvalue weighted by Gasteiger charge is -2.17. The number of aromatic nitrogens is 4. The van der Waals surface area contributed by atoms with Crippen LogP contribution in [0.3, 0.4) is 0 Å². The Bertz CT molecular complexity index is 904. The molecule has 3 rings (SSSR count). The summed E-state index contributed by atoms with van der Waals surface area (Å²) in [5.41, 5.74) is 5.41. The number of nitrogens with zero attached hydrogens (tertiary/aromatic N) is 4. The molecule has 0 radical (unpaired) electrons. The quantitative estimate of drug-likeness (QED) is 0.687. The smallest absolute Gasteiger partial charge is 0.236 e. The van der Waals surface area contributed by atoms with Crippen LogP contribution in [0.25, 0.3) is 11.3 Å². The maximum absolute atomic E-state index is 6.01. The second kappa shape index (κ2) is 8.20. The fourth-order valence-electron chi connectivity index (χ4n) is 3.21. The van der Waals surface area contributed by atoms with Gasteiger partial charge in [0.25, 0.3) is 0 Å². The summed E-state index contributed by atoms with van der Waals surface area (Å²) in [6.45, 7) is 8.76. The van der Waals surface area contributed by atoms with Crippen LogP contribution in [0.15, 0.2) is 36.7 Å². The van der Waals surface area contributed by atoms with E-state index in [4.69, 9.17) is 4.74 Å². The Morgan fingerprint density at radius 1 is 1.11 bits per heavy atom. The van der Waals surface area contributed by atoms with Crippen LogP contribution in [0.2, 0.25) is 0 Å². The van der Waals surface area contributed by atoms with E-state index in [1.54, 1.807) is 6.33 Å². The van der Waals surface area contributed by atoms with E-state index in [0.717, 1.165) is 40.3 Å². The molecule has 6 heteroatoms. The molecule has 27 heavy (non-hydrogen) atoms. The molecule has 0 aliphatic carbocycles. The largest absolute Gasteiger partial charge is 0.474 e. The lowest BCUT2D eigenvalue weighted by molar-refractivity contribution is 0.288. The van der Waals surface area contributed by atoms with Gasteiger partial charge in [0.2, 0.25) is 5.88 Å². The summed E-state index contributed by atoms with van der Waals surface area (Å²) >= 11 is 0. The van der Waals surface area contributed by atoms with Crippen LogP contribution in [0.4, 0.5) is 5.82 Å². The highest BCUT2D eigenvalue weighted by molar-refractivity contribution is 5.65. The second-order valence-electron chi connectivity index (χ2n) is 6.77. The molecule has 0 spiro atoms. The minimum atomic E-state index is 0.0879. The van der Waals surface area contributed by atoms with Gasteiger partial charge in [-0.15, -0.1) is 5.10 Å². The number of anilines is 1. The van der Waals surface area contributed by atoms with Crippen LogP contribution in [-0.4, -0.2) is 32.4 Å². The van der Waals surface area contributed by atoms with Gasteiger partial charge in [-0.2, -0.15) is 0 Å². The van der Waals surface area contributed by atoms with Crippen molar-refractivity contribution in [3.05, 3.63) is 53.5 Å². The van der Waals surface area contributed by atoms with Crippen molar-refractivity contribution >= 4 is 5.82 Å². The van der Waals surface area contributed by atoms with Crippen LogP contribution >= 0.6 is 0 Å². The van der Waals surface area contributed by atoms with Crippen LogP contribution in [0, 0.1) is 13.8 Å². The number of hydrogen-bond acceptors (Lipinski definition) is 5. The zero-order valence-corrected chi connectivity index (χ0v) is 16.7. The molecular weight excluding hydrogens is 338 g/mol. The monoisotopic (exact) mass is 365 g/mol. The Hall–Kier alpha value is -2.89. The Morgan fingerprint density at radius 3 is 2.56 bits per heavy atom. The summed E-state index contributed by atoms with van der Waals surface area (Å²) < 4.78 is 7.89. The van der Waals surface area contributed by atoms with Crippen molar-refractivity contribution in [2.24, 2.45) is 7.05 Å². The number of aryl methyl sites for hydroxylation is 2. The molecule has 0 saturated heterocycles. The summed E-state index contributed by atoms with van der Waals surface area (Å²) in [4.78, 5) is 8.68. The van der Waals surface area contributed by atoms with Crippen molar-refractivity contribution in [1.29, 1.82) is 0 Å². The third kappa shape index (κ3) is 4.10. The molecule has 2 aromatic heterocycles. The molecule has 6 nitrogen and oxygen atoms in total. The van der Waals surface area contributed by atoms with Crippen LogP contribution in [0.5, 0.6) is 5.88 Å². The fourth-order valence-corrected chi connectivity index (χ4v) is 3.21. The molecule has 1 aromatic carbocycles. The molecule has 1 N–H and O–H groups in total. The van der Waals surface area contributed by atoms with Crippen molar-refractivity contribution in [2.45, 2.75) is 40.2 Å². The topological polar surface area (TPSA) is 64.9 Å². The van der Waals surface area contributed by atoms with E-state index in [1.165, 1.54) is 0 Å². The molecule has 3 aromatic rings. The average molecular weight is 365 g/mol. The molecule has 1 unspecified atom stereocenters. The molecule has 0 saturated carbocycles. The molecule has 0 amide bonds. The standard InChI is InChI=1S/C21H27N5O/c1-6-18-15(3)20(23-13-22-18)24-14(2)12-27-21-16(4)19(26(5)25-21)17-10-8-7-9-11-17/h7-11,13-14H,6,12H2,1-5H3,(H,22,23,24). The maximum Gasteiger partial charge on any atom is 0.236 e. The second-order valence-corrected chi connectivity index (χ2v) is 6.77. The van der Waals surface area contributed by atoms with E-state index < -0.39 is 0 Å². The predicted octanol–water partition coefficient (Wildman–Crippen LogP) is 3.94. The molecular formula is C21H27N5O. The first kappa shape index (κ1) is 18.9. The zero-order chi connectivity index (χ0) is 19.4. The fraction of sp³-hybridized carbons (Fsp3) is 0.381. The third-order valence-corrected chi connectivity index (χ3v) is 4.66. The summed E-state index contributed by atoms with van der Waals surface area (Å²) in [7, 11) is 1.94. The van der Waals surface area contributed by atoms with Crippen LogP contribution < -0.4 is 10.1 Å². The summed E-state index contributed by atoms with van der Waals surface area (Å²) in [5.74, 6) is 1.53. The van der Waals surface area contributed by atoms with Gasteiger partial charge in [0, 0.05) is 29.4 Å². The van der Waals surface area contributed by atoms with Gasteiger partial charge >= 0.3 is 0 Å². The highest BCUT2D eigenvalue weighted by Crippen LogP contribution is 2.29. The van der Waals surface area contributed by atoms with Gasteiger partial charge in [0.1, 0.15) is 18.8 Å². The van der Waals surface area contributed by atoms with E-state index in [9.17, 15) is 0 Å². The Balaban J connectivity index is 1.69. The summed E-state index contributed by atoms with van der Waals surface area (Å²) in [6, 6.07) is 10.3. The van der Waals surface area contributed by atoms with Crippen LogP contribution in [0.1, 0.15) is 30.7 Å². The van der Waals surface area contributed by atoms with Gasteiger partial charge in [-0.3, -0.25) is 4.68 Å². The highest BCUT2D eigenvalue weighted by atomic mass is 16.5. The van der Waals surface area contributed by atoms with Gasteiger partial charge in [-0.25, -0.2) is 9.97 Å². The first-order valence-electron chi connectivity index (χ1n) is 9.30. The molecule has 0 bridgehead atoms. The van der Waals surface area contributed by atoms with Crippen molar-refractivity contribution in [1.82, 2.24) is 19.7 Å². The van der Waals surface area contributed by atoms with Crippen molar-refractivity contribution in [3.8, 4) is 17.1 Å². The van der Waals surface area contributed by atoms with E-state index in [1.807, 2.05) is 43.8 Å². The van der Waals surface area contributed by atoms with Crippen LogP contribution in [-0.2, 0) is 13.5 Å². The van der Waals surface area contributed by atoms with Crippen molar-refractivity contribution < 1.29 is 4.74 Å². The van der Waals surface area contributed by atoms with E-state index in [0.29, 0.717) is 12.5 Å². The molecule has 0 aliphatic heterocycles. The van der Waals surface area contributed by atoms with E-state index >= 15 is 0 Å². The zero-order valence-electron chi connectivity index (χ0n) is 16.7. The first-order valence-corrected chi connectivity index (χ1v) is 9.30. The molecule has 142 valence electrons. The number of benzene rings is 1. The number of hydrogen-bond donors (Lipinski definition) is 1.